The summed E-state index contributed by atoms with van der Waals surface area (Å²) < 4.78 is 1.12. The van der Waals surface area contributed by atoms with E-state index < -0.39 is 0 Å². The highest BCUT2D eigenvalue weighted by atomic mass is 79.9. The van der Waals surface area contributed by atoms with Gasteiger partial charge in [-0.25, -0.2) is 0 Å². The van der Waals surface area contributed by atoms with Gasteiger partial charge in [0.2, 0.25) is 0 Å². The molecule has 1 N–H and O–H groups in total. The summed E-state index contributed by atoms with van der Waals surface area (Å²) >= 11 is 3.58. The van der Waals surface area contributed by atoms with E-state index in [4.69, 9.17) is 0 Å². The van der Waals surface area contributed by atoms with Gasteiger partial charge in [-0.2, -0.15) is 0 Å². The molecule has 0 fully saturated rings. The van der Waals surface area contributed by atoms with E-state index in [1.54, 1.807) is 0 Å². The van der Waals surface area contributed by atoms with Gasteiger partial charge in [-0.05, 0) is 62.0 Å². The van der Waals surface area contributed by atoms with Crippen LogP contribution in [-0.4, -0.2) is 26.0 Å². The van der Waals surface area contributed by atoms with Crippen LogP contribution in [0, 0.1) is 6.92 Å². The average Bonchev–Trinajstić information content (AvgIpc) is 2.43. The largest absolute Gasteiger partial charge is 0.388 e. The number of hydrogen-bond donors (Lipinski definition) is 1. The van der Waals surface area contributed by atoms with E-state index >= 15 is 0 Å². The Kier molecular flexibility index (Phi) is 4.84. The lowest BCUT2D eigenvalue weighted by molar-refractivity contribution is 0.341. The van der Waals surface area contributed by atoms with Crippen molar-refractivity contribution in [2.45, 2.75) is 13.0 Å². The van der Waals surface area contributed by atoms with E-state index in [0.29, 0.717) is 0 Å². The number of nitrogens with one attached hydrogen (secondary N) is 1. The Morgan fingerprint density at radius 1 is 1.05 bits per heavy atom. The Balaban J connectivity index is 2.47. The molecular weight excluding hydrogens is 312 g/mol. The summed E-state index contributed by atoms with van der Waals surface area (Å²) in [5.74, 6) is 0. The molecule has 1 atom stereocenters. The smallest absolute Gasteiger partial charge is 0.0599 e. The summed E-state index contributed by atoms with van der Waals surface area (Å²) in [5.41, 5.74) is 5.08. The van der Waals surface area contributed by atoms with Crippen LogP contribution in [0.25, 0.3) is 0 Å². The highest BCUT2D eigenvalue weighted by Gasteiger charge is 2.18. The molecule has 0 aliphatic rings. The molecule has 2 aromatic carbocycles. The van der Waals surface area contributed by atoms with Crippen LogP contribution in [-0.2, 0) is 0 Å². The predicted molar refractivity (Wildman–Crippen MR) is 90.4 cm³/mol. The van der Waals surface area contributed by atoms with Crippen LogP contribution in [0.3, 0.4) is 0 Å². The summed E-state index contributed by atoms with van der Waals surface area (Å²) in [6.45, 7) is 2.17. The predicted octanol–water partition coefficient (Wildman–Crippen LogP) is 4.45. The minimum Gasteiger partial charge on any atom is -0.388 e. The zero-order valence-corrected chi connectivity index (χ0v) is 14.0. The number of nitrogens with zero attached hydrogens (tertiary/aromatic N) is 1. The normalized spacial score (nSPS) is 12.5. The van der Waals surface area contributed by atoms with Gasteiger partial charge in [0.05, 0.1) is 6.04 Å². The van der Waals surface area contributed by atoms with Crippen LogP contribution in [0.4, 0.5) is 5.69 Å². The van der Waals surface area contributed by atoms with E-state index in [2.05, 4.69) is 89.6 Å². The van der Waals surface area contributed by atoms with E-state index in [9.17, 15) is 0 Å². The molecular formula is C17H21BrN2. The molecule has 0 amide bonds. The monoisotopic (exact) mass is 332 g/mol. The standard InChI is InChI=1S/C17H21BrN2/c1-12-5-8-14(18)11-16(12)17(20(3)4)13-6-9-15(19-2)10-7-13/h5-11,17,19H,1-4H3. The highest BCUT2D eigenvalue weighted by Crippen LogP contribution is 2.31. The zero-order chi connectivity index (χ0) is 14.7. The first-order chi connectivity index (χ1) is 9.52. The summed E-state index contributed by atoms with van der Waals surface area (Å²) in [4.78, 5) is 2.25. The van der Waals surface area contributed by atoms with Crippen molar-refractivity contribution in [1.82, 2.24) is 4.90 Å². The third-order valence-corrected chi connectivity index (χ3v) is 4.06. The second-order valence-electron chi connectivity index (χ2n) is 5.24. The van der Waals surface area contributed by atoms with E-state index in [-0.39, 0.29) is 6.04 Å². The minimum atomic E-state index is 0.262. The summed E-state index contributed by atoms with van der Waals surface area (Å²) in [6.07, 6.45) is 0. The number of anilines is 1. The fourth-order valence-electron chi connectivity index (χ4n) is 2.49. The van der Waals surface area contributed by atoms with Crippen LogP contribution in [0.2, 0.25) is 0 Å². The van der Waals surface area contributed by atoms with Crippen molar-refractivity contribution < 1.29 is 0 Å². The zero-order valence-electron chi connectivity index (χ0n) is 12.4. The molecule has 0 bridgehead atoms. The Bertz CT molecular complexity index is 576. The van der Waals surface area contributed by atoms with Crippen LogP contribution < -0.4 is 5.32 Å². The molecule has 106 valence electrons. The van der Waals surface area contributed by atoms with Crippen LogP contribution in [0.15, 0.2) is 46.9 Å². The molecule has 0 saturated carbocycles. The maximum Gasteiger partial charge on any atom is 0.0599 e. The van der Waals surface area contributed by atoms with Gasteiger partial charge in [-0.15, -0.1) is 0 Å². The van der Waals surface area contributed by atoms with Gasteiger partial charge in [-0.3, -0.25) is 4.90 Å². The lowest BCUT2D eigenvalue weighted by atomic mass is 9.94. The number of benzene rings is 2. The fourth-order valence-corrected chi connectivity index (χ4v) is 2.87. The van der Waals surface area contributed by atoms with Crippen molar-refractivity contribution in [3.63, 3.8) is 0 Å². The highest BCUT2D eigenvalue weighted by molar-refractivity contribution is 9.10. The van der Waals surface area contributed by atoms with E-state index in [0.717, 1.165) is 10.2 Å². The topological polar surface area (TPSA) is 15.3 Å². The molecule has 0 aromatic heterocycles. The molecule has 2 nitrogen and oxygen atoms in total. The molecule has 0 aliphatic heterocycles. The van der Waals surface area contributed by atoms with Gasteiger partial charge in [0.25, 0.3) is 0 Å². The van der Waals surface area contributed by atoms with Gasteiger partial charge < -0.3 is 5.32 Å². The molecule has 3 heteroatoms. The lowest BCUT2D eigenvalue weighted by Gasteiger charge is -2.27. The molecule has 2 rings (SSSR count). The molecule has 0 heterocycles. The van der Waals surface area contributed by atoms with E-state index in [1.807, 2.05) is 7.05 Å². The van der Waals surface area contributed by atoms with Gasteiger partial charge >= 0.3 is 0 Å². The summed E-state index contributed by atoms with van der Waals surface area (Å²) in [6, 6.07) is 15.4. The molecule has 0 saturated heterocycles. The second kappa shape index (κ2) is 6.42. The summed E-state index contributed by atoms with van der Waals surface area (Å²) in [5, 5.41) is 3.16. The van der Waals surface area contributed by atoms with Gasteiger partial charge in [-0.1, -0.05) is 34.1 Å². The molecule has 20 heavy (non-hydrogen) atoms. The van der Waals surface area contributed by atoms with Gasteiger partial charge in [0.15, 0.2) is 0 Å². The molecule has 0 spiro atoms. The maximum absolute atomic E-state index is 3.58. The van der Waals surface area contributed by atoms with Gasteiger partial charge in [0.1, 0.15) is 0 Å². The first-order valence-electron chi connectivity index (χ1n) is 6.73. The van der Waals surface area contributed by atoms with Crippen molar-refractivity contribution in [3.8, 4) is 0 Å². The van der Waals surface area contributed by atoms with Crippen molar-refractivity contribution in [1.29, 1.82) is 0 Å². The number of aryl methyl sites for hydroxylation is 1. The second-order valence-corrected chi connectivity index (χ2v) is 6.15. The van der Waals surface area contributed by atoms with E-state index in [1.165, 1.54) is 16.7 Å². The third-order valence-electron chi connectivity index (χ3n) is 3.57. The Hall–Kier alpha value is -1.32. The Morgan fingerprint density at radius 2 is 1.70 bits per heavy atom. The number of halogens is 1. The molecule has 0 radical (unpaired) electrons. The molecule has 1 unspecified atom stereocenters. The van der Waals surface area contributed by atoms with Crippen molar-refractivity contribution in [2.24, 2.45) is 0 Å². The average molecular weight is 333 g/mol. The first kappa shape index (κ1) is 15.1. The Morgan fingerprint density at radius 3 is 2.25 bits per heavy atom. The quantitative estimate of drug-likeness (QED) is 0.889. The first-order valence-corrected chi connectivity index (χ1v) is 7.52. The van der Waals surface area contributed by atoms with Crippen molar-refractivity contribution >= 4 is 21.6 Å². The maximum atomic E-state index is 3.58. The third kappa shape index (κ3) is 3.22. The van der Waals surface area contributed by atoms with Crippen molar-refractivity contribution in [2.75, 3.05) is 26.5 Å². The summed E-state index contributed by atoms with van der Waals surface area (Å²) in [7, 11) is 6.19. The SMILES string of the molecule is CNc1ccc(C(c2cc(Br)ccc2C)N(C)C)cc1. The Labute approximate surface area is 129 Å². The molecule has 2 aromatic rings. The lowest BCUT2D eigenvalue weighted by Crippen LogP contribution is -2.22. The van der Waals surface area contributed by atoms with Gasteiger partial charge in [0, 0.05) is 17.2 Å². The van der Waals surface area contributed by atoms with Crippen LogP contribution >= 0.6 is 15.9 Å². The fraction of sp³-hybridized carbons (Fsp3) is 0.294. The van der Waals surface area contributed by atoms with Crippen molar-refractivity contribution in [3.05, 3.63) is 63.6 Å². The number of hydrogen-bond acceptors (Lipinski definition) is 2. The van der Waals surface area contributed by atoms with Crippen LogP contribution in [0.5, 0.6) is 0 Å². The minimum absolute atomic E-state index is 0.262. The van der Waals surface area contributed by atoms with Crippen LogP contribution in [0.1, 0.15) is 22.7 Å². The molecule has 0 aliphatic carbocycles. The number of rotatable bonds is 4.